The molecule has 4 fully saturated rings. The predicted molar refractivity (Wildman–Crippen MR) is 151 cm³/mol. The molecule has 1 heterocycles. The van der Waals surface area contributed by atoms with Crippen molar-refractivity contribution in [2.45, 2.75) is 122 Å². The van der Waals surface area contributed by atoms with Crippen LogP contribution in [0, 0.1) is 28.6 Å². The number of hydrogen-bond acceptors (Lipinski definition) is 7. The molecule has 39 heavy (non-hydrogen) atoms. The van der Waals surface area contributed by atoms with Crippen LogP contribution in [0.15, 0.2) is 23.5 Å². The third-order valence-corrected chi connectivity index (χ3v) is 16.3. The van der Waals surface area contributed by atoms with Crippen LogP contribution < -0.4 is 0 Å². The lowest BCUT2D eigenvalue weighted by atomic mass is 9.45. The molecule has 0 aromatic heterocycles. The van der Waals surface area contributed by atoms with E-state index >= 15 is 0 Å². The van der Waals surface area contributed by atoms with Crippen LogP contribution in [0.2, 0.25) is 18.1 Å². The maximum atomic E-state index is 14.4. The molecular formula is C31H48O7Si. The van der Waals surface area contributed by atoms with Gasteiger partial charge in [-0.3, -0.25) is 9.59 Å². The van der Waals surface area contributed by atoms with Crippen LogP contribution in [0.5, 0.6) is 0 Å². The van der Waals surface area contributed by atoms with Crippen LogP contribution in [0.3, 0.4) is 0 Å². The van der Waals surface area contributed by atoms with Crippen LogP contribution in [-0.4, -0.2) is 60.3 Å². The summed E-state index contributed by atoms with van der Waals surface area (Å²) < 4.78 is 19.6. The molecule has 5 aliphatic rings. The zero-order valence-corrected chi connectivity index (χ0v) is 26.2. The minimum Gasteiger partial charge on any atom is -0.515 e. The molecule has 0 aromatic rings. The van der Waals surface area contributed by atoms with E-state index < -0.39 is 42.7 Å². The van der Waals surface area contributed by atoms with Gasteiger partial charge in [-0.05, 0) is 93.3 Å². The average molecular weight is 561 g/mol. The van der Waals surface area contributed by atoms with Crippen molar-refractivity contribution in [3.63, 3.8) is 0 Å². The van der Waals surface area contributed by atoms with Gasteiger partial charge in [-0.15, -0.1) is 0 Å². The molecule has 7 nitrogen and oxygen atoms in total. The Labute approximate surface area is 234 Å². The molecular weight excluding hydrogens is 512 g/mol. The zero-order chi connectivity index (χ0) is 29.0. The molecule has 3 saturated carbocycles. The molecule has 8 heteroatoms. The van der Waals surface area contributed by atoms with Crippen molar-refractivity contribution in [3.05, 3.63) is 23.5 Å². The van der Waals surface area contributed by atoms with Gasteiger partial charge in [0.15, 0.2) is 31.3 Å². The summed E-state index contributed by atoms with van der Waals surface area (Å²) in [5, 5.41) is 21.7. The van der Waals surface area contributed by atoms with E-state index in [4.69, 9.17) is 13.9 Å². The number of ketones is 2. The van der Waals surface area contributed by atoms with E-state index in [2.05, 4.69) is 47.7 Å². The van der Waals surface area contributed by atoms with E-state index in [1.165, 1.54) is 0 Å². The van der Waals surface area contributed by atoms with Crippen molar-refractivity contribution in [1.82, 2.24) is 0 Å². The van der Waals surface area contributed by atoms with E-state index in [9.17, 15) is 19.8 Å². The smallest absolute Gasteiger partial charge is 0.192 e. The Kier molecular flexibility index (Phi) is 6.61. The number of Topliss-reactive ketones (excluding diaryl/α,β-unsaturated/α-hetero) is 1. The Morgan fingerprint density at radius 3 is 2.51 bits per heavy atom. The average Bonchev–Trinajstić information content (AvgIpc) is 3.22. The maximum Gasteiger partial charge on any atom is 0.192 e. The molecule has 0 radical (unpaired) electrons. The van der Waals surface area contributed by atoms with Crippen molar-refractivity contribution >= 4 is 19.9 Å². The summed E-state index contributed by atoms with van der Waals surface area (Å²) in [5.41, 5.74) is -0.771. The number of allylic oxidation sites excluding steroid dienone is 2. The first-order valence-electron chi connectivity index (χ1n) is 14.6. The third-order valence-electron chi connectivity index (χ3n) is 11.8. The van der Waals surface area contributed by atoms with Crippen LogP contribution in [0.4, 0.5) is 0 Å². The minimum absolute atomic E-state index is 0.0176. The van der Waals surface area contributed by atoms with Gasteiger partial charge in [-0.25, -0.2) is 0 Å². The molecule has 5 rings (SSSR count). The number of carbonyl (C=O) groups is 2. The van der Waals surface area contributed by atoms with E-state index in [-0.39, 0.29) is 41.0 Å². The molecule has 0 bridgehead atoms. The Morgan fingerprint density at radius 1 is 1.23 bits per heavy atom. The van der Waals surface area contributed by atoms with Gasteiger partial charge in [0.05, 0.1) is 25.1 Å². The Hall–Kier alpha value is -1.32. The first-order valence-corrected chi connectivity index (χ1v) is 17.6. The van der Waals surface area contributed by atoms with Gasteiger partial charge in [-0.2, -0.15) is 0 Å². The highest BCUT2D eigenvalue weighted by molar-refractivity contribution is 6.74. The first kappa shape index (κ1) is 29.2. The Balaban J connectivity index is 1.52. The van der Waals surface area contributed by atoms with E-state index in [1.807, 2.05) is 13.8 Å². The van der Waals surface area contributed by atoms with E-state index in [0.717, 1.165) is 24.7 Å². The quantitative estimate of drug-likeness (QED) is 0.261. The van der Waals surface area contributed by atoms with Crippen LogP contribution >= 0.6 is 0 Å². The largest absolute Gasteiger partial charge is 0.515 e. The number of hydrogen-bond donors (Lipinski definition) is 2. The predicted octanol–water partition coefficient (Wildman–Crippen LogP) is 5.63. The first-order chi connectivity index (χ1) is 17.8. The van der Waals surface area contributed by atoms with Gasteiger partial charge in [0.1, 0.15) is 0 Å². The lowest BCUT2D eigenvalue weighted by Crippen LogP contribution is -2.64. The van der Waals surface area contributed by atoms with Gasteiger partial charge in [0, 0.05) is 11.0 Å². The summed E-state index contributed by atoms with van der Waals surface area (Å²) in [5.74, 6) is -0.950. The van der Waals surface area contributed by atoms with Crippen molar-refractivity contribution in [3.8, 4) is 0 Å². The number of fused-ring (bicyclic) bond motifs is 7. The second kappa shape index (κ2) is 8.84. The number of ether oxygens (including phenoxy) is 2. The highest BCUT2D eigenvalue weighted by Gasteiger charge is 2.77. The molecule has 2 N–H and O–H groups in total. The summed E-state index contributed by atoms with van der Waals surface area (Å²) >= 11 is 0. The Bertz CT molecular complexity index is 1130. The number of rotatable bonds is 4. The number of carbonyl (C=O) groups excluding carboxylic acids is 2. The molecule has 218 valence electrons. The highest BCUT2D eigenvalue weighted by atomic mass is 28.4. The molecule has 1 aliphatic heterocycles. The fourth-order valence-corrected chi connectivity index (χ4v) is 9.88. The molecule has 1 unspecified atom stereocenters. The van der Waals surface area contributed by atoms with E-state index in [0.29, 0.717) is 24.8 Å². The lowest BCUT2D eigenvalue weighted by Gasteiger charge is -2.60. The summed E-state index contributed by atoms with van der Waals surface area (Å²) in [6.07, 6.45) is 4.66. The van der Waals surface area contributed by atoms with Crippen LogP contribution in [0.25, 0.3) is 0 Å². The van der Waals surface area contributed by atoms with Crippen molar-refractivity contribution in [2.24, 2.45) is 28.6 Å². The fourth-order valence-electron chi connectivity index (χ4n) is 8.95. The molecule has 0 amide bonds. The molecule has 8 atom stereocenters. The van der Waals surface area contributed by atoms with Gasteiger partial charge in [0.2, 0.25) is 0 Å². The fraction of sp³-hybridized carbons (Fsp3) is 0.806. The summed E-state index contributed by atoms with van der Waals surface area (Å²) in [7, 11) is -2.18. The zero-order valence-electron chi connectivity index (χ0n) is 25.2. The summed E-state index contributed by atoms with van der Waals surface area (Å²) in [6.45, 7) is 18.8. The lowest BCUT2D eigenvalue weighted by molar-refractivity contribution is -0.226. The van der Waals surface area contributed by atoms with Crippen molar-refractivity contribution in [2.75, 3.05) is 6.61 Å². The van der Waals surface area contributed by atoms with Gasteiger partial charge < -0.3 is 24.1 Å². The normalized spacial score (nSPS) is 44.4. The van der Waals surface area contributed by atoms with Crippen LogP contribution in [0.1, 0.15) is 80.6 Å². The molecule has 0 spiro atoms. The highest BCUT2D eigenvalue weighted by Crippen LogP contribution is 2.71. The van der Waals surface area contributed by atoms with Crippen LogP contribution in [-0.2, 0) is 23.5 Å². The van der Waals surface area contributed by atoms with E-state index in [1.54, 1.807) is 6.08 Å². The molecule has 1 saturated heterocycles. The number of aliphatic hydroxyl groups excluding tert-OH is 2. The van der Waals surface area contributed by atoms with Crippen molar-refractivity contribution < 1.29 is 33.7 Å². The molecule has 4 aliphatic carbocycles. The van der Waals surface area contributed by atoms with Gasteiger partial charge in [-0.1, -0.05) is 40.2 Å². The molecule has 0 aromatic carbocycles. The topological polar surface area (TPSA) is 102 Å². The third kappa shape index (κ3) is 4.03. The maximum absolute atomic E-state index is 14.4. The minimum atomic E-state index is -2.18. The Morgan fingerprint density at radius 2 is 1.90 bits per heavy atom. The summed E-state index contributed by atoms with van der Waals surface area (Å²) in [6, 6.07) is 0. The second-order valence-corrected chi connectivity index (χ2v) is 20.2. The monoisotopic (exact) mass is 560 g/mol. The second-order valence-electron chi connectivity index (χ2n) is 15.4. The summed E-state index contributed by atoms with van der Waals surface area (Å²) in [4.78, 5) is 26.9. The number of aliphatic hydroxyl groups is 2. The van der Waals surface area contributed by atoms with Gasteiger partial charge >= 0.3 is 0 Å². The van der Waals surface area contributed by atoms with Crippen molar-refractivity contribution in [1.29, 1.82) is 0 Å². The van der Waals surface area contributed by atoms with Gasteiger partial charge in [0.25, 0.3) is 0 Å². The standard InChI is InChI=1S/C31H48O7Si/c1-27(2,3)39(8,9)36-17-24(35)31-25(37-28(4,5)38-31)13-21-20-11-10-19-12-22(33)18(16-32)14-29(19,6)26(20)23(34)15-30(21,31)7/h12,16,20-21,23,25-26,32,34H,10-11,13-15,17H2,1-9H3/b18-16-/t20-,21-,23-,25+,26?,29-,30-,31+/m0/s1. The SMILES string of the molecule is CC1(C)O[C@@H]2C[C@H]3[C@@H]4CCC5=CC(=O)/C(=C\O)C[C@]5(C)C4[C@@H](O)C[C@]3(C)[C@]2(C(=O)CO[Si](C)(C)C(C)(C)C)O1.